The first-order chi connectivity index (χ1) is 16.5. The molecular weight excluding hydrogens is 433 g/mol. The number of benzene rings is 2. The highest BCUT2D eigenvalue weighted by Crippen LogP contribution is 2.40. The maximum atomic E-state index is 14.9. The highest BCUT2D eigenvalue weighted by Gasteiger charge is 2.27. The van der Waals surface area contributed by atoms with E-state index < -0.39 is 11.7 Å². The molecule has 1 saturated carbocycles. The molecule has 2 aliphatic rings. The Labute approximate surface area is 196 Å². The lowest BCUT2D eigenvalue weighted by atomic mass is 10.1. The largest absolute Gasteiger partial charge is 0.486 e. The van der Waals surface area contributed by atoms with Gasteiger partial charge in [0, 0.05) is 24.5 Å². The molecule has 0 saturated heterocycles. The van der Waals surface area contributed by atoms with Crippen LogP contribution in [0.15, 0.2) is 55.2 Å². The number of aromatic nitrogens is 4. The Morgan fingerprint density at radius 2 is 2.09 bits per heavy atom. The Balaban J connectivity index is 1.35. The molecule has 3 heterocycles. The van der Waals surface area contributed by atoms with Gasteiger partial charge in [0.25, 0.3) is 5.91 Å². The second-order valence-corrected chi connectivity index (χ2v) is 9.07. The van der Waals surface area contributed by atoms with Gasteiger partial charge in [-0.1, -0.05) is 6.07 Å². The van der Waals surface area contributed by atoms with E-state index in [1.807, 2.05) is 47.5 Å². The van der Waals surface area contributed by atoms with E-state index in [1.165, 1.54) is 6.07 Å². The number of imidazole rings is 2. The van der Waals surface area contributed by atoms with Crippen molar-refractivity contribution in [3.8, 4) is 22.8 Å². The van der Waals surface area contributed by atoms with Crippen molar-refractivity contribution < 1.29 is 13.9 Å². The number of fused-ring (bicyclic) bond motifs is 3. The van der Waals surface area contributed by atoms with E-state index in [-0.39, 0.29) is 11.7 Å². The first-order valence-corrected chi connectivity index (χ1v) is 11.4. The predicted molar refractivity (Wildman–Crippen MR) is 126 cm³/mol. The van der Waals surface area contributed by atoms with E-state index in [4.69, 9.17) is 4.74 Å². The Morgan fingerprint density at radius 3 is 2.91 bits per heavy atom. The monoisotopic (exact) mass is 457 g/mol. The van der Waals surface area contributed by atoms with Crippen molar-refractivity contribution in [3.05, 3.63) is 77.9 Å². The van der Waals surface area contributed by atoms with Crippen LogP contribution in [-0.2, 0) is 6.54 Å². The number of nitrogens with zero attached hydrogens (tertiary/aromatic N) is 4. The van der Waals surface area contributed by atoms with Gasteiger partial charge in [0.05, 0.1) is 41.1 Å². The topological polar surface area (TPSA) is 74.0 Å². The molecule has 1 fully saturated rings. The van der Waals surface area contributed by atoms with Crippen molar-refractivity contribution in [2.75, 3.05) is 5.32 Å². The molecule has 1 amide bonds. The number of hydrogen-bond donors (Lipinski definition) is 1. The number of amides is 1. The average Bonchev–Trinajstić information content (AvgIpc) is 3.40. The summed E-state index contributed by atoms with van der Waals surface area (Å²) in [6, 6.07) is 8.46. The normalized spacial score (nSPS) is 16.9. The summed E-state index contributed by atoms with van der Waals surface area (Å²) in [5.41, 5.74) is 3.71. The van der Waals surface area contributed by atoms with Crippen molar-refractivity contribution in [2.45, 2.75) is 45.3 Å². The molecule has 8 heteroatoms. The Morgan fingerprint density at radius 1 is 1.24 bits per heavy atom. The van der Waals surface area contributed by atoms with Crippen LogP contribution in [0.3, 0.4) is 0 Å². The number of hydrogen-bond acceptors (Lipinski definition) is 4. The van der Waals surface area contributed by atoms with Gasteiger partial charge >= 0.3 is 0 Å². The van der Waals surface area contributed by atoms with Crippen LogP contribution in [0.25, 0.3) is 17.1 Å². The van der Waals surface area contributed by atoms with Crippen LogP contribution in [-0.4, -0.2) is 31.1 Å². The second-order valence-electron chi connectivity index (χ2n) is 9.07. The number of rotatable bonds is 4. The lowest BCUT2D eigenvalue weighted by molar-refractivity contribution is 0.102. The third kappa shape index (κ3) is 3.55. The van der Waals surface area contributed by atoms with Crippen molar-refractivity contribution in [1.82, 2.24) is 19.1 Å². The van der Waals surface area contributed by atoms with Crippen molar-refractivity contribution in [3.63, 3.8) is 0 Å². The fourth-order valence-corrected chi connectivity index (χ4v) is 4.52. The molecule has 1 aliphatic carbocycles. The van der Waals surface area contributed by atoms with Gasteiger partial charge < -0.3 is 19.2 Å². The number of para-hydroxylation sites is 1. The first kappa shape index (κ1) is 20.7. The molecule has 6 rings (SSSR count). The van der Waals surface area contributed by atoms with Crippen LogP contribution in [0.2, 0.25) is 0 Å². The smallest absolute Gasteiger partial charge is 0.258 e. The third-order valence-corrected chi connectivity index (χ3v) is 6.40. The molecule has 172 valence electrons. The maximum absolute atomic E-state index is 14.9. The molecular formula is C26H24FN5O2. The van der Waals surface area contributed by atoms with Gasteiger partial charge in [-0.3, -0.25) is 4.79 Å². The van der Waals surface area contributed by atoms with Crippen LogP contribution in [0.4, 0.5) is 10.1 Å². The van der Waals surface area contributed by atoms with Gasteiger partial charge in [-0.15, -0.1) is 0 Å². The van der Waals surface area contributed by atoms with E-state index >= 15 is 0 Å². The van der Waals surface area contributed by atoms with Gasteiger partial charge in [0.2, 0.25) is 0 Å². The molecule has 0 bridgehead atoms. The van der Waals surface area contributed by atoms with Crippen LogP contribution in [0, 0.1) is 12.7 Å². The number of carbonyl (C=O) groups is 1. The molecule has 1 aliphatic heterocycles. The minimum atomic E-state index is -0.576. The van der Waals surface area contributed by atoms with E-state index in [2.05, 4.69) is 15.3 Å². The van der Waals surface area contributed by atoms with Crippen LogP contribution < -0.4 is 10.1 Å². The highest BCUT2D eigenvalue weighted by molar-refractivity contribution is 6.06. The fraction of sp³-hybridized carbons (Fsp3) is 0.269. The van der Waals surface area contributed by atoms with E-state index in [0.29, 0.717) is 23.9 Å². The molecule has 1 N–H and O–H groups in total. The zero-order chi connectivity index (χ0) is 23.4. The minimum absolute atomic E-state index is 0.0388. The van der Waals surface area contributed by atoms with Crippen LogP contribution in [0.5, 0.6) is 5.75 Å². The number of ether oxygens (including phenoxy) is 1. The number of halogens is 1. The summed E-state index contributed by atoms with van der Waals surface area (Å²) in [6.07, 6.45) is 9.51. The van der Waals surface area contributed by atoms with Gasteiger partial charge in [-0.05, 0) is 56.5 Å². The Kier molecular flexibility index (Phi) is 4.76. The summed E-state index contributed by atoms with van der Waals surface area (Å²) in [5, 5.41) is 2.86. The summed E-state index contributed by atoms with van der Waals surface area (Å²) in [5.74, 6) is 0.693. The summed E-state index contributed by atoms with van der Waals surface area (Å²) in [7, 11) is 0. The fourth-order valence-electron chi connectivity index (χ4n) is 4.52. The van der Waals surface area contributed by atoms with Gasteiger partial charge in [-0.25, -0.2) is 14.4 Å². The Hall–Kier alpha value is -3.94. The summed E-state index contributed by atoms with van der Waals surface area (Å²) < 4.78 is 25.0. The van der Waals surface area contributed by atoms with Crippen molar-refractivity contribution >= 4 is 11.6 Å². The SMILES string of the molecule is Cc1cc(F)c(C(=O)Nc2cccc3c2O[C@H](C)Cn2ccnc2-3)cc1-n1cnc(C2CC2)c1. The zero-order valence-corrected chi connectivity index (χ0v) is 19.0. The summed E-state index contributed by atoms with van der Waals surface area (Å²) >= 11 is 0. The third-order valence-electron chi connectivity index (χ3n) is 6.40. The molecule has 0 spiro atoms. The summed E-state index contributed by atoms with van der Waals surface area (Å²) in [4.78, 5) is 22.2. The van der Waals surface area contributed by atoms with Crippen LogP contribution in [0.1, 0.15) is 47.3 Å². The second kappa shape index (κ2) is 7.83. The van der Waals surface area contributed by atoms with Crippen molar-refractivity contribution in [1.29, 1.82) is 0 Å². The van der Waals surface area contributed by atoms with Gasteiger partial charge in [0.1, 0.15) is 17.7 Å². The number of aryl methyl sites for hydroxylation is 1. The molecule has 34 heavy (non-hydrogen) atoms. The molecule has 0 radical (unpaired) electrons. The molecule has 0 unspecified atom stereocenters. The highest BCUT2D eigenvalue weighted by atomic mass is 19.1. The van der Waals surface area contributed by atoms with Gasteiger partial charge in [0.15, 0.2) is 5.75 Å². The maximum Gasteiger partial charge on any atom is 0.258 e. The lowest BCUT2D eigenvalue weighted by Gasteiger charge is -2.17. The number of nitrogens with one attached hydrogen (secondary N) is 1. The predicted octanol–water partition coefficient (Wildman–Crippen LogP) is 5.09. The van der Waals surface area contributed by atoms with E-state index in [0.717, 1.165) is 41.2 Å². The standard InChI is InChI=1S/C26H24FN5O2/c1-15-10-20(27)19(11-23(15)32-13-22(29-14-32)17-6-7-17)26(33)30-21-5-3-4-18-24(21)34-16(2)12-31-9-8-28-25(18)31/h3-5,8-11,13-14,16-17H,6-7,12H2,1-2H3,(H,30,33)/t16-/m1/s1. The molecule has 4 aromatic rings. The molecule has 2 aromatic heterocycles. The zero-order valence-electron chi connectivity index (χ0n) is 19.0. The average molecular weight is 458 g/mol. The quantitative estimate of drug-likeness (QED) is 0.463. The number of carbonyl (C=O) groups excluding carboxylic acids is 1. The van der Waals surface area contributed by atoms with Crippen LogP contribution >= 0.6 is 0 Å². The van der Waals surface area contributed by atoms with E-state index in [9.17, 15) is 9.18 Å². The summed E-state index contributed by atoms with van der Waals surface area (Å²) in [6.45, 7) is 4.43. The molecule has 2 aromatic carbocycles. The van der Waals surface area contributed by atoms with Gasteiger partial charge in [-0.2, -0.15) is 0 Å². The number of anilines is 1. The molecule has 1 atom stereocenters. The van der Waals surface area contributed by atoms with E-state index in [1.54, 1.807) is 24.7 Å². The van der Waals surface area contributed by atoms with Crippen molar-refractivity contribution in [2.24, 2.45) is 0 Å². The first-order valence-electron chi connectivity index (χ1n) is 11.4. The minimum Gasteiger partial charge on any atom is -0.486 e. The molecule has 7 nitrogen and oxygen atoms in total. The Bertz CT molecular complexity index is 1420. The lowest BCUT2D eigenvalue weighted by Crippen LogP contribution is -2.19.